The molecule has 1 saturated heterocycles. The number of hydrogen-bond donors (Lipinski definition) is 1. The number of thiophene rings is 1. The minimum atomic E-state index is 0.437. The van der Waals surface area contributed by atoms with Crippen molar-refractivity contribution in [3.8, 4) is 0 Å². The van der Waals surface area contributed by atoms with Gasteiger partial charge in [-0.2, -0.15) is 0 Å². The molecule has 96 valence electrons. The van der Waals surface area contributed by atoms with E-state index < -0.39 is 0 Å². The lowest BCUT2D eigenvalue weighted by Gasteiger charge is -2.39. The molecular weight excluding hydrogens is 242 g/mol. The summed E-state index contributed by atoms with van der Waals surface area (Å²) >= 11 is 1.78. The van der Waals surface area contributed by atoms with Crippen molar-refractivity contribution in [2.45, 2.75) is 25.8 Å². The highest BCUT2D eigenvalue weighted by molar-refractivity contribution is 7.17. The highest BCUT2D eigenvalue weighted by Gasteiger charge is 2.27. The van der Waals surface area contributed by atoms with Crippen LogP contribution in [0.5, 0.6) is 0 Å². The first-order valence-corrected chi connectivity index (χ1v) is 7.46. The normalized spacial score (nSPS) is 24.7. The number of aromatic nitrogens is 1. The van der Waals surface area contributed by atoms with E-state index in [-0.39, 0.29) is 0 Å². The average Bonchev–Trinajstić information content (AvgIpc) is 2.86. The zero-order chi connectivity index (χ0) is 12.5. The van der Waals surface area contributed by atoms with Gasteiger partial charge in [0, 0.05) is 35.4 Å². The van der Waals surface area contributed by atoms with Crippen LogP contribution in [0.2, 0.25) is 0 Å². The first kappa shape index (κ1) is 11.9. The third kappa shape index (κ3) is 1.99. The first-order valence-electron chi connectivity index (χ1n) is 6.58. The highest BCUT2D eigenvalue weighted by Crippen LogP contribution is 2.33. The van der Waals surface area contributed by atoms with Crippen LogP contribution in [0.3, 0.4) is 0 Å². The molecule has 4 heteroatoms. The van der Waals surface area contributed by atoms with Crippen LogP contribution < -0.4 is 10.6 Å². The number of nitrogens with two attached hydrogens (primary N) is 1. The van der Waals surface area contributed by atoms with Crippen LogP contribution in [0, 0.1) is 5.92 Å². The summed E-state index contributed by atoms with van der Waals surface area (Å²) in [6.45, 7) is 4.11. The Morgan fingerprint density at radius 1 is 1.50 bits per heavy atom. The maximum atomic E-state index is 5.95. The summed E-state index contributed by atoms with van der Waals surface area (Å²) in [6, 6.07) is 4.70. The lowest BCUT2D eigenvalue weighted by molar-refractivity contribution is 0.365. The molecular formula is C14H19N3S. The van der Waals surface area contributed by atoms with E-state index in [0.29, 0.717) is 12.6 Å². The molecule has 3 nitrogen and oxygen atoms in total. The minimum Gasteiger partial charge on any atom is -0.352 e. The van der Waals surface area contributed by atoms with Crippen molar-refractivity contribution in [2.75, 3.05) is 18.0 Å². The van der Waals surface area contributed by atoms with Crippen LogP contribution in [0.15, 0.2) is 23.7 Å². The Balaban J connectivity index is 2.00. The molecule has 3 rings (SSSR count). The van der Waals surface area contributed by atoms with Crippen molar-refractivity contribution in [2.24, 2.45) is 11.7 Å². The van der Waals surface area contributed by atoms with Gasteiger partial charge >= 0.3 is 0 Å². The summed E-state index contributed by atoms with van der Waals surface area (Å²) in [5, 5.41) is 3.41. The largest absolute Gasteiger partial charge is 0.352 e. The zero-order valence-electron chi connectivity index (χ0n) is 10.7. The summed E-state index contributed by atoms with van der Waals surface area (Å²) < 4.78 is 1.31. The standard InChI is InChI=1S/C14H19N3S/c1-10-3-6-17(11(8-10)9-15)14-12-4-7-18-13(12)2-5-16-14/h2,4-5,7,10-11H,3,6,8-9,15H2,1H3. The van der Waals surface area contributed by atoms with E-state index in [9.17, 15) is 0 Å². The van der Waals surface area contributed by atoms with E-state index in [1.807, 2.05) is 6.20 Å². The number of rotatable bonds is 2. The van der Waals surface area contributed by atoms with Crippen LogP contribution >= 0.6 is 11.3 Å². The van der Waals surface area contributed by atoms with E-state index in [2.05, 4.69) is 34.3 Å². The number of hydrogen-bond acceptors (Lipinski definition) is 4. The van der Waals surface area contributed by atoms with Crippen LogP contribution in [-0.2, 0) is 0 Å². The van der Waals surface area contributed by atoms with Gasteiger partial charge < -0.3 is 10.6 Å². The molecule has 0 saturated carbocycles. The van der Waals surface area contributed by atoms with Gasteiger partial charge in [-0.25, -0.2) is 4.98 Å². The number of anilines is 1. The van der Waals surface area contributed by atoms with Gasteiger partial charge in [0.2, 0.25) is 0 Å². The first-order chi connectivity index (χ1) is 8.79. The number of nitrogens with zero attached hydrogens (tertiary/aromatic N) is 2. The molecule has 0 aromatic carbocycles. The molecule has 0 radical (unpaired) electrons. The van der Waals surface area contributed by atoms with E-state index >= 15 is 0 Å². The summed E-state index contributed by atoms with van der Waals surface area (Å²) in [5.74, 6) is 1.90. The molecule has 18 heavy (non-hydrogen) atoms. The Morgan fingerprint density at radius 3 is 3.22 bits per heavy atom. The van der Waals surface area contributed by atoms with E-state index in [1.165, 1.54) is 22.9 Å². The van der Waals surface area contributed by atoms with E-state index in [0.717, 1.165) is 18.3 Å². The number of fused-ring (bicyclic) bond motifs is 1. The fraction of sp³-hybridized carbons (Fsp3) is 0.500. The van der Waals surface area contributed by atoms with Crippen molar-refractivity contribution >= 4 is 27.2 Å². The van der Waals surface area contributed by atoms with Crippen molar-refractivity contribution in [1.29, 1.82) is 0 Å². The molecule has 1 aliphatic heterocycles. The Hall–Kier alpha value is -1.13. The molecule has 0 bridgehead atoms. The van der Waals surface area contributed by atoms with Crippen LogP contribution in [0.4, 0.5) is 5.82 Å². The molecule has 3 heterocycles. The number of piperidine rings is 1. The minimum absolute atomic E-state index is 0.437. The SMILES string of the molecule is CC1CCN(c2nccc3sccc23)C(CN)C1. The summed E-state index contributed by atoms with van der Waals surface area (Å²) in [7, 11) is 0. The van der Waals surface area contributed by atoms with Gasteiger partial charge in [-0.15, -0.1) is 11.3 Å². The second kappa shape index (κ2) is 4.86. The predicted octanol–water partition coefficient (Wildman–Crippen LogP) is 2.86. The smallest absolute Gasteiger partial charge is 0.137 e. The molecule has 2 aromatic heterocycles. The monoisotopic (exact) mass is 261 g/mol. The fourth-order valence-corrected chi connectivity index (χ4v) is 3.64. The van der Waals surface area contributed by atoms with Gasteiger partial charge in [0.15, 0.2) is 0 Å². The fourth-order valence-electron chi connectivity index (χ4n) is 2.86. The second-order valence-corrected chi connectivity index (χ2v) is 6.13. The molecule has 2 aromatic rings. The second-order valence-electron chi connectivity index (χ2n) is 5.18. The van der Waals surface area contributed by atoms with Crippen molar-refractivity contribution in [3.05, 3.63) is 23.7 Å². The maximum absolute atomic E-state index is 5.95. The molecule has 2 unspecified atom stereocenters. The van der Waals surface area contributed by atoms with Gasteiger partial charge in [0.1, 0.15) is 5.82 Å². The molecule has 2 N–H and O–H groups in total. The van der Waals surface area contributed by atoms with Crippen molar-refractivity contribution in [3.63, 3.8) is 0 Å². The van der Waals surface area contributed by atoms with Gasteiger partial charge in [-0.3, -0.25) is 0 Å². The molecule has 1 fully saturated rings. The Bertz CT molecular complexity index is 537. The molecule has 0 spiro atoms. The van der Waals surface area contributed by atoms with Gasteiger partial charge in [-0.1, -0.05) is 6.92 Å². The van der Waals surface area contributed by atoms with E-state index in [4.69, 9.17) is 5.73 Å². The predicted molar refractivity (Wildman–Crippen MR) is 78.2 cm³/mol. The lowest BCUT2D eigenvalue weighted by atomic mass is 9.92. The average molecular weight is 261 g/mol. The third-order valence-electron chi connectivity index (χ3n) is 3.88. The van der Waals surface area contributed by atoms with Crippen LogP contribution in [-0.4, -0.2) is 24.1 Å². The highest BCUT2D eigenvalue weighted by atomic mass is 32.1. The topological polar surface area (TPSA) is 42.2 Å². The van der Waals surface area contributed by atoms with E-state index in [1.54, 1.807) is 11.3 Å². The van der Waals surface area contributed by atoms with Crippen molar-refractivity contribution in [1.82, 2.24) is 4.98 Å². The molecule has 0 amide bonds. The van der Waals surface area contributed by atoms with Crippen molar-refractivity contribution < 1.29 is 0 Å². The van der Waals surface area contributed by atoms with Crippen LogP contribution in [0.25, 0.3) is 10.1 Å². The van der Waals surface area contributed by atoms with Crippen LogP contribution in [0.1, 0.15) is 19.8 Å². The van der Waals surface area contributed by atoms with Gasteiger partial charge in [0.05, 0.1) is 0 Å². The number of pyridine rings is 1. The maximum Gasteiger partial charge on any atom is 0.137 e. The summed E-state index contributed by atoms with van der Waals surface area (Å²) in [4.78, 5) is 7.01. The Kier molecular flexibility index (Phi) is 3.22. The summed E-state index contributed by atoms with van der Waals surface area (Å²) in [6.07, 6.45) is 4.33. The van der Waals surface area contributed by atoms with Gasteiger partial charge in [0.25, 0.3) is 0 Å². The Labute approximate surface area is 112 Å². The molecule has 0 aliphatic carbocycles. The summed E-state index contributed by atoms with van der Waals surface area (Å²) in [5.41, 5.74) is 5.95. The van der Waals surface area contributed by atoms with Gasteiger partial charge in [-0.05, 0) is 36.3 Å². The lowest BCUT2D eigenvalue weighted by Crippen LogP contribution is -2.46. The Morgan fingerprint density at radius 2 is 2.39 bits per heavy atom. The molecule has 1 aliphatic rings. The zero-order valence-corrected chi connectivity index (χ0v) is 11.5. The molecule has 2 atom stereocenters. The quantitative estimate of drug-likeness (QED) is 0.904. The third-order valence-corrected chi connectivity index (χ3v) is 4.76.